The van der Waals surface area contributed by atoms with Crippen LogP contribution in [0.15, 0.2) is 22.1 Å². The van der Waals surface area contributed by atoms with E-state index in [4.69, 9.17) is 0 Å². The van der Waals surface area contributed by atoms with Crippen LogP contribution in [0.4, 0.5) is 0 Å². The Balaban J connectivity index is 2.39. The normalized spacial score (nSPS) is 11.8. The van der Waals surface area contributed by atoms with E-state index >= 15 is 0 Å². The number of H-pyrrole nitrogens is 1. The zero-order chi connectivity index (χ0) is 13.1. The van der Waals surface area contributed by atoms with Gasteiger partial charge in [0.15, 0.2) is 5.16 Å². The second kappa shape index (κ2) is 5.55. The first-order valence-electron chi connectivity index (χ1n) is 5.45. The van der Waals surface area contributed by atoms with Crippen molar-refractivity contribution in [2.45, 2.75) is 31.5 Å². The van der Waals surface area contributed by atoms with Crippen molar-refractivity contribution in [2.24, 2.45) is 7.05 Å². The zero-order valence-corrected chi connectivity index (χ0v) is 11.6. The van der Waals surface area contributed by atoms with E-state index in [0.29, 0.717) is 5.16 Å². The highest BCUT2D eigenvalue weighted by Crippen LogP contribution is 2.15. The van der Waals surface area contributed by atoms with Gasteiger partial charge >= 0.3 is 5.69 Å². The van der Waals surface area contributed by atoms with Crippen LogP contribution in [-0.4, -0.2) is 32.6 Å². The molecule has 96 valence electrons. The predicted octanol–water partition coefficient (Wildman–Crippen LogP) is 1.14. The fourth-order valence-corrected chi connectivity index (χ4v) is 1.89. The lowest BCUT2D eigenvalue weighted by Crippen LogP contribution is -2.37. The molecule has 0 aliphatic heterocycles. The third-order valence-corrected chi connectivity index (χ3v) is 3.29. The fourth-order valence-electron chi connectivity index (χ4n) is 1.07. The van der Waals surface area contributed by atoms with Crippen LogP contribution in [0.5, 0.6) is 0 Å². The number of rotatable bonds is 5. The molecule has 1 heterocycles. The summed E-state index contributed by atoms with van der Waals surface area (Å²) in [6.45, 7) is 11.1. The van der Waals surface area contributed by atoms with Crippen LogP contribution in [0, 0.1) is 0 Å². The van der Waals surface area contributed by atoms with Gasteiger partial charge in [0.2, 0.25) is 0 Å². The molecule has 1 aromatic rings. The molecule has 6 heteroatoms. The van der Waals surface area contributed by atoms with Crippen molar-refractivity contribution in [2.75, 3.05) is 12.3 Å². The average Bonchev–Trinajstić information content (AvgIpc) is 2.53. The van der Waals surface area contributed by atoms with Crippen molar-refractivity contribution < 1.29 is 0 Å². The molecular weight excluding hydrogens is 236 g/mol. The highest BCUT2D eigenvalue weighted by molar-refractivity contribution is 7.99. The Morgan fingerprint density at radius 1 is 1.59 bits per heavy atom. The molecule has 0 unspecified atom stereocenters. The summed E-state index contributed by atoms with van der Waals surface area (Å²) in [6.07, 6.45) is 0. The molecule has 17 heavy (non-hydrogen) atoms. The van der Waals surface area contributed by atoms with E-state index in [9.17, 15) is 4.79 Å². The predicted molar refractivity (Wildman–Crippen MR) is 71.4 cm³/mol. The van der Waals surface area contributed by atoms with E-state index in [1.54, 1.807) is 7.05 Å². The van der Waals surface area contributed by atoms with E-state index in [1.807, 2.05) is 0 Å². The molecule has 0 atom stereocenters. The second-order valence-corrected chi connectivity index (χ2v) is 5.96. The fraction of sp³-hybridized carbons (Fsp3) is 0.636. The van der Waals surface area contributed by atoms with Crippen molar-refractivity contribution in [3.63, 3.8) is 0 Å². The summed E-state index contributed by atoms with van der Waals surface area (Å²) in [5.41, 5.74) is 0.985. The summed E-state index contributed by atoms with van der Waals surface area (Å²) in [5, 5.41) is 10.4. The molecule has 2 N–H and O–H groups in total. The maximum Gasteiger partial charge on any atom is 0.343 e. The third-order valence-electron chi connectivity index (χ3n) is 2.11. The standard InChI is InChI=1S/C11H20N4OS/c1-8(6-12-11(2,3)4)7-17-10-14-13-9(16)15(10)5/h12H,1,6-7H2,2-5H3,(H,13,16). The monoisotopic (exact) mass is 256 g/mol. The van der Waals surface area contributed by atoms with E-state index in [-0.39, 0.29) is 11.2 Å². The van der Waals surface area contributed by atoms with Gasteiger partial charge in [0, 0.05) is 24.9 Å². The molecule has 1 aromatic heterocycles. The Kier molecular flexibility index (Phi) is 4.59. The molecule has 0 aromatic carbocycles. The highest BCUT2D eigenvalue weighted by Gasteiger charge is 2.10. The average molecular weight is 256 g/mol. The number of hydrogen-bond donors (Lipinski definition) is 2. The molecule has 0 bridgehead atoms. The smallest absolute Gasteiger partial charge is 0.308 e. The number of thioether (sulfide) groups is 1. The summed E-state index contributed by atoms with van der Waals surface area (Å²) in [5.74, 6) is 0.751. The third kappa shape index (κ3) is 4.79. The van der Waals surface area contributed by atoms with Crippen LogP contribution in [0.2, 0.25) is 0 Å². The molecule has 1 rings (SSSR count). The van der Waals surface area contributed by atoms with Gasteiger partial charge in [0.1, 0.15) is 0 Å². The Labute approximate surface area is 106 Å². The number of hydrogen-bond acceptors (Lipinski definition) is 4. The summed E-state index contributed by atoms with van der Waals surface area (Å²) in [4.78, 5) is 11.1. The molecule has 0 saturated heterocycles. The van der Waals surface area contributed by atoms with Crippen molar-refractivity contribution in [1.29, 1.82) is 0 Å². The van der Waals surface area contributed by atoms with Gasteiger partial charge in [-0.25, -0.2) is 9.89 Å². The molecule has 0 fully saturated rings. The molecule has 0 spiro atoms. The van der Waals surface area contributed by atoms with Gasteiger partial charge in [-0.05, 0) is 20.8 Å². The molecule has 0 radical (unpaired) electrons. The van der Waals surface area contributed by atoms with E-state index in [1.165, 1.54) is 16.3 Å². The van der Waals surface area contributed by atoms with Gasteiger partial charge in [0.05, 0.1) is 0 Å². The summed E-state index contributed by atoms with van der Waals surface area (Å²) < 4.78 is 1.50. The summed E-state index contributed by atoms with van der Waals surface area (Å²) >= 11 is 1.51. The van der Waals surface area contributed by atoms with Crippen molar-refractivity contribution in [3.8, 4) is 0 Å². The maximum absolute atomic E-state index is 11.1. The Hall–Kier alpha value is -1.01. The number of aromatic nitrogens is 3. The van der Waals surface area contributed by atoms with Crippen LogP contribution < -0.4 is 11.0 Å². The molecule has 0 saturated carbocycles. The van der Waals surface area contributed by atoms with Gasteiger partial charge in [-0.1, -0.05) is 23.9 Å². The highest BCUT2D eigenvalue weighted by atomic mass is 32.2. The van der Waals surface area contributed by atoms with Crippen molar-refractivity contribution in [3.05, 3.63) is 22.6 Å². The number of aromatic amines is 1. The summed E-state index contributed by atoms with van der Waals surface area (Å²) in [6, 6.07) is 0. The Morgan fingerprint density at radius 2 is 2.24 bits per heavy atom. The van der Waals surface area contributed by atoms with Crippen LogP contribution in [0.1, 0.15) is 20.8 Å². The Morgan fingerprint density at radius 3 is 2.71 bits per heavy atom. The first-order chi connectivity index (χ1) is 7.79. The maximum atomic E-state index is 11.1. The van der Waals surface area contributed by atoms with Gasteiger partial charge in [-0.15, -0.1) is 5.10 Å². The first kappa shape index (κ1) is 14.1. The van der Waals surface area contributed by atoms with Crippen LogP contribution in [-0.2, 0) is 7.05 Å². The quantitative estimate of drug-likeness (QED) is 0.613. The van der Waals surface area contributed by atoms with Crippen LogP contribution in [0.25, 0.3) is 0 Å². The molecule has 5 nitrogen and oxygen atoms in total. The van der Waals surface area contributed by atoms with Crippen LogP contribution >= 0.6 is 11.8 Å². The lowest BCUT2D eigenvalue weighted by Gasteiger charge is -2.21. The van der Waals surface area contributed by atoms with Gasteiger partial charge in [0.25, 0.3) is 0 Å². The lowest BCUT2D eigenvalue weighted by atomic mass is 10.1. The van der Waals surface area contributed by atoms with Gasteiger partial charge in [-0.2, -0.15) is 0 Å². The minimum Gasteiger partial charge on any atom is -0.308 e. The minimum atomic E-state index is -0.189. The number of nitrogens with zero attached hydrogens (tertiary/aromatic N) is 2. The summed E-state index contributed by atoms with van der Waals surface area (Å²) in [7, 11) is 1.70. The lowest BCUT2D eigenvalue weighted by molar-refractivity contribution is 0.445. The molecule has 0 aliphatic carbocycles. The van der Waals surface area contributed by atoms with Crippen molar-refractivity contribution >= 4 is 11.8 Å². The molecule has 0 aliphatic rings. The topological polar surface area (TPSA) is 62.7 Å². The Bertz CT molecular complexity index is 441. The molecular formula is C11H20N4OS. The second-order valence-electron chi connectivity index (χ2n) is 5.01. The largest absolute Gasteiger partial charge is 0.343 e. The molecule has 0 amide bonds. The van der Waals surface area contributed by atoms with Crippen molar-refractivity contribution in [1.82, 2.24) is 20.1 Å². The van der Waals surface area contributed by atoms with Crippen LogP contribution in [0.3, 0.4) is 0 Å². The van der Waals surface area contributed by atoms with E-state index < -0.39 is 0 Å². The SMILES string of the molecule is C=C(CNC(C)(C)C)CSc1n[nH]c(=O)n1C. The first-order valence-corrected chi connectivity index (χ1v) is 6.44. The van der Waals surface area contributed by atoms with Gasteiger partial charge < -0.3 is 5.32 Å². The van der Waals surface area contributed by atoms with E-state index in [0.717, 1.165) is 17.9 Å². The minimum absolute atomic E-state index is 0.0901. The van der Waals surface area contributed by atoms with E-state index in [2.05, 4.69) is 42.9 Å². The zero-order valence-electron chi connectivity index (χ0n) is 10.8. The number of nitrogens with one attached hydrogen (secondary N) is 2. The van der Waals surface area contributed by atoms with Gasteiger partial charge in [-0.3, -0.25) is 4.57 Å².